The van der Waals surface area contributed by atoms with Crippen molar-refractivity contribution >= 4 is 35.3 Å². The number of nitrogens with one attached hydrogen (secondary N) is 2. The fourth-order valence-electron chi connectivity index (χ4n) is 4.29. The Balaban J connectivity index is 0.000000381. The fraction of sp³-hybridized carbons (Fsp3) is 0.536. The fourth-order valence-corrected chi connectivity index (χ4v) is 4.29. The highest BCUT2D eigenvalue weighted by Gasteiger charge is 2.28. The minimum absolute atomic E-state index is 0.370. The largest absolute Gasteiger partial charge is 0.388 e. The summed E-state index contributed by atoms with van der Waals surface area (Å²) in [5.74, 6) is 1.90. The lowest BCUT2D eigenvalue weighted by Crippen LogP contribution is -2.37. The number of aromatic nitrogens is 3. The zero-order valence-corrected chi connectivity index (χ0v) is 24.0. The number of benzene rings is 1. The molecular formula is C28H41N7O5. The van der Waals surface area contributed by atoms with Crippen LogP contribution in [0.5, 0.6) is 0 Å². The van der Waals surface area contributed by atoms with Crippen LogP contribution in [0.25, 0.3) is 22.5 Å². The molecule has 2 saturated heterocycles. The molecule has 12 heteroatoms. The summed E-state index contributed by atoms with van der Waals surface area (Å²) in [6.45, 7) is 7.95. The van der Waals surface area contributed by atoms with Crippen molar-refractivity contribution < 1.29 is 24.0 Å². The first-order chi connectivity index (χ1) is 19.2. The molecular weight excluding hydrogens is 514 g/mol. The number of carbonyl (C=O) groups excluding carboxylic acids is 2. The van der Waals surface area contributed by atoms with Gasteiger partial charge in [0.2, 0.25) is 12.0 Å². The van der Waals surface area contributed by atoms with Crippen molar-refractivity contribution in [3.8, 4) is 11.4 Å². The molecule has 12 nitrogen and oxygen atoms in total. The molecule has 0 spiro atoms. The highest BCUT2D eigenvalue weighted by molar-refractivity contribution is 5.88. The van der Waals surface area contributed by atoms with Crippen molar-refractivity contribution in [2.45, 2.75) is 38.2 Å². The molecule has 4 heterocycles. The number of amides is 1. The average molecular weight is 556 g/mol. The zero-order valence-electron chi connectivity index (χ0n) is 24.0. The zero-order chi connectivity index (χ0) is 29.1. The van der Waals surface area contributed by atoms with Gasteiger partial charge in [0.1, 0.15) is 16.8 Å². The molecule has 2 aliphatic heterocycles. The van der Waals surface area contributed by atoms with Crippen molar-refractivity contribution in [2.24, 2.45) is 0 Å². The number of ether oxygens (including phenoxy) is 1. The molecule has 2 fully saturated rings. The number of carbonyl (C=O) groups is 2. The number of aliphatic hydroxyl groups is 1. The minimum atomic E-state index is -1.14. The molecule has 0 radical (unpaired) electrons. The van der Waals surface area contributed by atoms with Gasteiger partial charge in [-0.1, -0.05) is 5.16 Å². The first kappa shape index (κ1) is 30.9. The van der Waals surface area contributed by atoms with Gasteiger partial charge in [-0.2, -0.15) is 0 Å². The number of nitrogens with zero attached hydrogens (tertiary/aromatic N) is 5. The van der Waals surface area contributed by atoms with Gasteiger partial charge in [0, 0.05) is 44.4 Å². The summed E-state index contributed by atoms with van der Waals surface area (Å²) in [6.07, 6.45) is 3.26. The number of hydrogen-bond acceptors (Lipinski definition) is 11. The maximum Gasteiger partial charge on any atom is 0.227 e. The van der Waals surface area contributed by atoms with Crippen LogP contribution < -0.4 is 15.5 Å². The highest BCUT2D eigenvalue weighted by atomic mass is 16.5. The Morgan fingerprint density at radius 2 is 1.62 bits per heavy atom. The molecule has 40 heavy (non-hydrogen) atoms. The molecule has 5 rings (SSSR count). The van der Waals surface area contributed by atoms with Gasteiger partial charge >= 0.3 is 0 Å². The standard InChI is InChI=1S/C22H28N6O2.C4H8O2.C2H5NO/c1-23-17-5-3-16(4-6-17)21-24-19-18(15-7-9-27(2)10-8-15)26-30-20(19)22(25-21)28-11-13-29-14-12-28;1-4(2,6)3-5;1-3-2-4/h3-6,15,23H,7-14H2,1-2H3;3,6H,1-2H3;2H,1H3,(H,3,4). The van der Waals surface area contributed by atoms with Crippen LogP contribution in [0.3, 0.4) is 0 Å². The van der Waals surface area contributed by atoms with Gasteiger partial charge in [-0.3, -0.25) is 4.79 Å². The van der Waals surface area contributed by atoms with Crippen LogP contribution in [-0.4, -0.2) is 104 Å². The second-order valence-electron chi connectivity index (χ2n) is 10.3. The molecule has 0 bridgehead atoms. The summed E-state index contributed by atoms with van der Waals surface area (Å²) in [4.78, 5) is 33.1. The number of likely N-dealkylation sites (tertiary alicyclic amines) is 1. The summed E-state index contributed by atoms with van der Waals surface area (Å²) >= 11 is 0. The van der Waals surface area contributed by atoms with E-state index in [4.69, 9.17) is 29.1 Å². The smallest absolute Gasteiger partial charge is 0.227 e. The van der Waals surface area contributed by atoms with E-state index in [1.165, 1.54) is 13.8 Å². The van der Waals surface area contributed by atoms with Crippen molar-refractivity contribution in [1.29, 1.82) is 0 Å². The van der Waals surface area contributed by atoms with Crippen molar-refractivity contribution in [3.05, 3.63) is 30.0 Å². The van der Waals surface area contributed by atoms with Gasteiger partial charge in [0.15, 0.2) is 17.9 Å². The Kier molecular flexibility index (Phi) is 11.4. The monoisotopic (exact) mass is 555 g/mol. The molecule has 0 unspecified atom stereocenters. The summed E-state index contributed by atoms with van der Waals surface area (Å²) in [5.41, 5.74) is 3.43. The van der Waals surface area contributed by atoms with Crippen LogP contribution in [0.2, 0.25) is 0 Å². The van der Waals surface area contributed by atoms with Crippen LogP contribution in [-0.2, 0) is 14.3 Å². The molecule has 218 valence electrons. The van der Waals surface area contributed by atoms with E-state index >= 15 is 0 Å². The summed E-state index contributed by atoms with van der Waals surface area (Å²) in [7, 11) is 5.65. The van der Waals surface area contributed by atoms with Gasteiger partial charge in [-0.15, -0.1) is 0 Å². The minimum Gasteiger partial charge on any atom is -0.388 e. The number of piperidine rings is 1. The van der Waals surface area contributed by atoms with Crippen molar-refractivity contribution in [1.82, 2.24) is 25.3 Å². The Bertz CT molecular complexity index is 1210. The van der Waals surface area contributed by atoms with E-state index in [0.717, 1.165) is 67.3 Å². The number of rotatable bonds is 6. The number of hydrogen-bond donors (Lipinski definition) is 3. The summed E-state index contributed by atoms with van der Waals surface area (Å²) < 4.78 is 11.4. The predicted molar refractivity (Wildman–Crippen MR) is 155 cm³/mol. The highest BCUT2D eigenvalue weighted by Crippen LogP contribution is 2.36. The molecule has 0 atom stereocenters. The van der Waals surface area contributed by atoms with Crippen LogP contribution >= 0.6 is 0 Å². The SMILES string of the molecule is CC(C)(O)C=O.CNC=O.CNc1ccc(-c2nc(N3CCOCC3)c3onc(C4CCN(C)CC4)c3n2)cc1. The van der Waals surface area contributed by atoms with Crippen LogP contribution in [0, 0.1) is 0 Å². The van der Waals surface area contributed by atoms with Crippen LogP contribution in [0.15, 0.2) is 28.8 Å². The first-order valence-corrected chi connectivity index (χ1v) is 13.5. The molecule has 2 aliphatic rings. The average Bonchev–Trinajstić information content (AvgIpc) is 3.42. The van der Waals surface area contributed by atoms with E-state index < -0.39 is 5.60 Å². The van der Waals surface area contributed by atoms with E-state index in [2.05, 4.69) is 44.8 Å². The number of morpholine rings is 1. The lowest BCUT2D eigenvalue weighted by molar-refractivity contribution is -0.120. The Morgan fingerprint density at radius 3 is 2.15 bits per heavy atom. The topological polar surface area (TPSA) is 146 Å². The number of aldehydes is 1. The number of fused-ring (bicyclic) bond motifs is 1. The molecule has 1 amide bonds. The third kappa shape index (κ3) is 8.44. The van der Waals surface area contributed by atoms with Gasteiger partial charge in [-0.05, 0) is 71.1 Å². The molecule has 0 saturated carbocycles. The molecule has 2 aromatic heterocycles. The van der Waals surface area contributed by atoms with E-state index in [1.807, 2.05) is 19.2 Å². The maximum absolute atomic E-state index is 9.58. The molecule has 1 aromatic carbocycles. The third-order valence-electron chi connectivity index (χ3n) is 6.58. The molecule has 3 N–H and O–H groups in total. The second kappa shape index (κ2) is 14.7. The van der Waals surface area contributed by atoms with Crippen molar-refractivity contribution in [3.63, 3.8) is 0 Å². The molecule has 3 aromatic rings. The Hall–Kier alpha value is -3.61. The first-order valence-electron chi connectivity index (χ1n) is 13.5. The van der Waals surface area contributed by atoms with Crippen molar-refractivity contribution in [2.75, 3.05) is 70.8 Å². The van der Waals surface area contributed by atoms with E-state index in [-0.39, 0.29) is 0 Å². The van der Waals surface area contributed by atoms with Gasteiger partial charge in [-0.25, -0.2) is 9.97 Å². The summed E-state index contributed by atoms with van der Waals surface area (Å²) in [5, 5.41) is 18.4. The summed E-state index contributed by atoms with van der Waals surface area (Å²) in [6, 6.07) is 8.20. The third-order valence-corrected chi connectivity index (χ3v) is 6.58. The van der Waals surface area contributed by atoms with E-state index in [1.54, 1.807) is 7.05 Å². The maximum atomic E-state index is 9.58. The van der Waals surface area contributed by atoms with Gasteiger partial charge in [0.05, 0.1) is 13.2 Å². The molecule has 0 aliphatic carbocycles. The Morgan fingerprint density at radius 1 is 1.02 bits per heavy atom. The van der Waals surface area contributed by atoms with Gasteiger partial charge in [0.25, 0.3) is 0 Å². The van der Waals surface area contributed by atoms with E-state index in [0.29, 0.717) is 43.2 Å². The predicted octanol–water partition coefficient (Wildman–Crippen LogP) is 2.29. The lowest BCUT2D eigenvalue weighted by Gasteiger charge is -2.28. The van der Waals surface area contributed by atoms with Crippen LogP contribution in [0.4, 0.5) is 11.5 Å². The normalized spacial score (nSPS) is 16.3. The second-order valence-corrected chi connectivity index (χ2v) is 10.3. The van der Waals surface area contributed by atoms with Crippen LogP contribution in [0.1, 0.15) is 38.3 Å². The Labute approximate surface area is 235 Å². The number of anilines is 2. The van der Waals surface area contributed by atoms with E-state index in [9.17, 15) is 4.79 Å². The van der Waals surface area contributed by atoms with Gasteiger partial charge < -0.3 is 39.6 Å². The lowest BCUT2D eigenvalue weighted by atomic mass is 9.93. The quantitative estimate of drug-likeness (QED) is 0.385.